The molecule has 1 heterocycles. The Labute approximate surface area is 117 Å². The maximum atomic E-state index is 4.46. The van der Waals surface area contributed by atoms with Gasteiger partial charge in [0.05, 0.1) is 6.54 Å². The fourth-order valence-corrected chi connectivity index (χ4v) is 3.25. The van der Waals surface area contributed by atoms with E-state index in [1.807, 2.05) is 6.20 Å². The van der Waals surface area contributed by atoms with E-state index in [1.54, 1.807) is 0 Å². The van der Waals surface area contributed by atoms with Gasteiger partial charge in [-0.15, -0.1) is 0 Å². The minimum Gasteiger partial charge on any atom is -0.334 e. The molecule has 0 spiro atoms. The second-order valence-electron chi connectivity index (χ2n) is 5.92. The van der Waals surface area contributed by atoms with Crippen molar-refractivity contribution in [3.8, 4) is 0 Å². The molecule has 0 aromatic carbocycles. The zero-order valence-electron chi connectivity index (χ0n) is 12.6. The Bertz CT molecular complexity index is 351. The number of rotatable bonds is 7. The van der Waals surface area contributed by atoms with E-state index in [2.05, 4.69) is 34.9 Å². The predicted molar refractivity (Wildman–Crippen MR) is 80.0 cm³/mol. The molecular weight excluding hydrogens is 234 g/mol. The Kier molecular flexibility index (Phi) is 5.90. The molecule has 1 aliphatic carbocycles. The summed E-state index contributed by atoms with van der Waals surface area (Å²) in [6.45, 7) is 6.53. The van der Waals surface area contributed by atoms with Gasteiger partial charge in [-0.25, -0.2) is 4.98 Å². The molecule has 0 aliphatic heterocycles. The van der Waals surface area contributed by atoms with Gasteiger partial charge >= 0.3 is 0 Å². The average Bonchev–Trinajstić information content (AvgIpc) is 2.86. The number of hydrogen-bond donors (Lipinski definition) is 1. The van der Waals surface area contributed by atoms with E-state index >= 15 is 0 Å². The quantitative estimate of drug-likeness (QED) is 0.812. The van der Waals surface area contributed by atoms with E-state index in [0.29, 0.717) is 6.04 Å². The molecule has 1 aromatic heterocycles. The zero-order valence-corrected chi connectivity index (χ0v) is 12.6. The van der Waals surface area contributed by atoms with Gasteiger partial charge in [-0.3, -0.25) is 0 Å². The molecule has 0 saturated heterocycles. The summed E-state index contributed by atoms with van der Waals surface area (Å²) in [5.74, 6) is 2.18. The molecule has 1 aromatic rings. The highest BCUT2D eigenvalue weighted by Crippen LogP contribution is 2.27. The van der Waals surface area contributed by atoms with Gasteiger partial charge in [0, 0.05) is 25.0 Å². The lowest BCUT2D eigenvalue weighted by Gasteiger charge is -2.29. The standard InChI is InChI=1S/C16H29N3/c1-3-5-14-6-8-15(9-7-14)18-13-16-17-10-12-19(16)11-4-2/h10,12,14-15,18H,3-9,11,13H2,1-2H3. The largest absolute Gasteiger partial charge is 0.334 e. The molecule has 108 valence electrons. The number of aromatic nitrogens is 2. The van der Waals surface area contributed by atoms with Crippen molar-refractivity contribution in [3.63, 3.8) is 0 Å². The van der Waals surface area contributed by atoms with Crippen molar-refractivity contribution in [1.82, 2.24) is 14.9 Å². The van der Waals surface area contributed by atoms with E-state index in [4.69, 9.17) is 0 Å². The van der Waals surface area contributed by atoms with Crippen LogP contribution in [0.4, 0.5) is 0 Å². The first-order valence-electron chi connectivity index (χ1n) is 8.06. The summed E-state index contributed by atoms with van der Waals surface area (Å²) in [6, 6.07) is 0.708. The number of imidazole rings is 1. The molecular formula is C16H29N3. The molecule has 0 atom stereocenters. The third-order valence-corrected chi connectivity index (χ3v) is 4.36. The van der Waals surface area contributed by atoms with Gasteiger partial charge < -0.3 is 9.88 Å². The van der Waals surface area contributed by atoms with Crippen molar-refractivity contribution in [2.75, 3.05) is 0 Å². The average molecular weight is 263 g/mol. The Morgan fingerprint density at radius 2 is 2.00 bits per heavy atom. The number of hydrogen-bond acceptors (Lipinski definition) is 2. The van der Waals surface area contributed by atoms with Crippen LogP contribution >= 0.6 is 0 Å². The summed E-state index contributed by atoms with van der Waals surface area (Å²) in [7, 11) is 0. The topological polar surface area (TPSA) is 29.9 Å². The Balaban J connectivity index is 1.72. The smallest absolute Gasteiger partial charge is 0.122 e. The van der Waals surface area contributed by atoms with E-state index in [0.717, 1.165) is 19.0 Å². The highest BCUT2D eigenvalue weighted by atomic mass is 15.1. The van der Waals surface area contributed by atoms with Crippen molar-refractivity contribution in [3.05, 3.63) is 18.2 Å². The van der Waals surface area contributed by atoms with Crippen molar-refractivity contribution in [1.29, 1.82) is 0 Å². The first-order chi connectivity index (χ1) is 9.33. The minimum atomic E-state index is 0.708. The third kappa shape index (κ3) is 4.34. The molecule has 0 bridgehead atoms. The molecule has 0 amide bonds. The minimum absolute atomic E-state index is 0.708. The van der Waals surface area contributed by atoms with E-state index in [9.17, 15) is 0 Å². The first kappa shape index (κ1) is 14.6. The third-order valence-electron chi connectivity index (χ3n) is 4.36. The predicted octanol–water partition coefficient (Wildman–Crippen LogP) is 3.74. The van der Waals surface area contributed by atoms with Crippen LogP contribution in [-0.4, -0.2) is 15.6 Å². The van der Waals surface area contributed by atoms with Crippen molar-refractivity contribution < 1.29 is 0 Å². The van der Waals surface area contributed by atoms with Gasteiger partial charge in [-0.1, -0.05) is 26.7 Å². The molecule has 1 N–H and O–H groups in total. The molecule has 3 nitrogen and oxygen atoms in total. The Morgan fingerprint density at radius 1 is 1.21 bits per heavy atom. The summed E-state index contributed by atoms with van der Waals surface area (Å²) < 4.78 is 2.27. The van der Waals surface area contributed by atoms with E-state index in [1.165, 1.54) is 50.8 Å². The first-order valence-corrected chi connectivity index (χ1v) is 8.06. The molecule has 1 fully saturated rings. The zero-order chi connectivity index (χ0) is 13.5. The molecule has 1 saturated carbocycles. The van der Waals surface area contributed by atoms with Gasteiger partial charge in [-0.2, -0.15) is 0 Å². The number of aryl methyl sites for hydroxylation is 1. The van der Waals surface area contributed by atoms with Crippen LogP contribution in [0.15, 0.2) is 12.4 Å². The van der Waals surface area contributed by atoms with Crippen molar-refractivity contribution in [2.45, 2.75) is 77.9 Å². The van der Waals surface area contributed by atoms with Crippen LogP contribution in [0.25, 0.3) is 0 Å². The highest BCUT2D eigenvalue weighted by molar-refractivity contribution is 4.92. The van der Waals surface area contributed by atoms with E-state index in [-0.39, 0.29) is 0 Å². The van der Waals surface area contributed by atoms with Crippen LogP contribution in [0.2, 0.25) is 0 Å². The summed E-state index contributed by atoms with van der Waals surface area (Å²) in [5.41, 5.74) is 0. The summed E-state index contributed by atoms with van der Waals surface area (Å²) in [4.78, 5) is 4.46. The van der Waals surface area contributed by atoms with Crippen LogP contribution < -0.4 is 5.32 Å². The summed E-state index contributed by atoms with van der Waals surface area (Å²) in [6.07, 6.45) is 13.5. The van der Waals surface area contributed by atoms with Gasteiger partial charge in [0.25, 0.3) is 0 Å². The van der Waals surface area contributed by atoms with Gasteiger partial charge in [0.15, 0.2) is 0 Å². The fraction of sp³-hybridized carbons (Fsp3) is 0.812. The highest BCUT2D eigenvalue weighted by Gasteiger charge is 2.20. The van der Waals surface area contributed by atoms with E-state index < -0.39 is 0 Å². The van der Waals surface area contributed by atoms with Crippen LogP contribution in [0, 0.1) is 5.92 Å². The lowest BCUT2D eigenvalue weighted by atomic mass is 9.83. The number of nitrogens with one attached hydrogen (secondary N) is 1. The lowest BCUT2D eigenvalue weighted by Crippen LogP contribution is -2.33. The maximum Gasteiger partial charge on any atom is 0.122 e. The van der Waals surface area contributed by atoms with Gasteiger partial charge in [-0.05, 0) is 38.0 Å². The molecule has 3 heteroatoms. The maximum absolute atomic E-state index is 4.46. The molecule has 0 radical (unpaired) electrons. The molecule has 2 rings (SSSR count). The van der Waals surface area contributed by atoms with Gasteiger partial charge in [0.1, 0.15) is 5.82 Å². The number of nitrogens with zero attached hydrogens (tertiary/aromatic N) is 2. The molecule has 19 heavy (non-hydrogen) atoms. The normalized spacial score (nSPS) is 23.7. The Hall–Kier alpha value is -0.830. The molecule has 0 unspecified atom stereocenters. The lowest BCUT2D eigenvalue weighted by molar-refractivity contribution is 0.276. The Morgan fingerprint density at radius 3 is 2.68 bits per heavy atom. The monoisotopic (exact) mass is 263 g/mol. The summed E-state index contributed by atoms with van der Waals surface area (Å²) in [5, 5.41) is 3.70. The van der Waals surface area contributed by atoms with Crippen molar-refractivity contribution in [2.24, 2.45) is 5.92 Å². The SMILES string of the molecule is CCCC1CCC(NCc2nccn2CCC)CC1. The van der Waals surface area contributed by atoms with Crippen LogP contribution in [-0.2, 0) is 13.1 Å². The molecule has 1 aliphatic rings. The van der Waals surface area contributed by atoms with Crippen LogP contribution in [0.3, 0.4) is 0 Å². The van der Waals surface area contributed by atoms with Crippen LogP contribution in [0.1, 0.15) is 64.6 Å². The summed E-state index contributed by atoms with van der Waals surface area (Å²) >= 11 is 0. The van der Waals surface area contributed by atoms with Gasteiger partial charge in [0.2, 0.25) is 0 Å². The second-order valence-corrected chi connectivity index (χ2v) is 5.92. The second kappa shape index (κ2) is 7.68. The van der Waals surface area contributed by atoms with Crippen LogP contribution in [0.5, 0.6) is 0 Å². The fourth-order valence-electron chi connectivity index (χ4n) is 3.25. The van der Waals surface area contributed by atoms with Crippen molar-refractivity contribution >= 4 is 0 Å².